The van der Waals surface area contributed by atoms with Crippen LogP contribution in [0.5, 0.6) is 5.75 Å². The molecule has 104 valence electrons. The van der Waals surface area contributed by atoms with Gasteiger partial charge in [-0.15, -0.1) is 0 Å². The zero-order valence-electron chi connectivity index (χ0n) is 11.3. The van der Waals surface area contributed by atoms with Gasteiger partial charge >= 0.3 is 0 Å². The van der Waals surface area contributed by atoms with Gasteiger partial charge in [0.1, 0.15) is 5.75 Å². The molecule has 0 atom stereocenters. The molecule has 0 aliphatic carbocycles. The van der Waals surface area contributed by atoms with Crippen LogP contribution in [0.1, 0.15) is 25.3 Å². The number of nitrogens with one attached hydrogen (secondary N) is 1. The summed E-state index contributed by atoms with van der Waals surface area (Å²) in [5, 5.41) is 0. The van der Waals surface area contributed by atoms with Crippen molar-refractivity contribution in [3.05, 3.63) is 29.8 Å². The fourth-order valence-electron chi connectivity index (χ4n) is 1.44. The van der Waals surface area contributed by atoms with Crippen molar-refractivity contribution in [3.8, 4) is 17.6 Å². The normalized spacial score (nSPS) is 10.6. The minimum absolute atomic E-state index is 0.115. The summed E-state index contributed by atoms with van der Waals surface area (Å²) in [5.41, 5.74) is 0.748. The molecular formula is C14H19NO3S. The summed E-state index contributed by atoms with van der Waals surface area (Å²) >= 11 is 0. The van der Waals surface area contributed by atoms with E-state index in [-0.39, 0.29) is 12.3 Å². The van der Waals surface area contributed by atoms with Gasteiger partial charge in [0, 0.05) is 0 Å². The van der Waals surface area contributed by atoms with Gasteiger partial charge in [-0.25, -0.2) is 13.1 Å². The van der Waals surface area contributed by atoms with E-state index in [4.69, 9.17) is 4.74 Å². The van der Waals surface area contributed by atoms with Crippen LogP contribution in [0.3, 0.4) is 0 Å². The molecule has 0 aromatic heterocycles. The first kappa shape index (κ1) is 15.5. The first-order chi connectivity index (χ1) is 9.09. The van der Waals surface area contributed by atoms with E-state index in [0.717, 1.165) is 12.0 Å². The third kappa shape index (κ3) is 5.77. The molecule has 0 aliphatic rings. The molecule has 0 unspecified atom stereocenters. The molecule has 0 radical (unpaired) electrons. The van der Waals surface area contributed by atoms with Crippen molar-refractivity contribution in [2.24, 2.45) is 0 Å². The maximum Gasteiger partial charge on any atom is 0.212 e. The number of hydrogen-bond donors (Lipinski definition) is 1. The second kappa shape index (κ2) is 7.82. The van der Waals surface area contributed by atoms with E-state index in [9.17, 15) is 8.42 Å². The van der Waals surface area contributed by atoms with E-state index in [1.165, 1.54) is 0 Å². The molecule has 5 heteroatoms. The standard InChI is InChI=1S/C14H19NO3S/c1-3-4-12-19(16,17)15-11-7-9-13-8-5-6-10-14(13)18-2/h5-6,8,10,15H,3-4,11-12H2,1-2H3. The number of unbranched alkanes of at least 4 members (excludes halogenated alkanes) is 1. The number of sulfonamides is 1. The van der Waals surface area contributed by atoms with Gasteiger partial charge in [0.25, 0.3) is 0 Å². The fourth-order valence-corrected chi connectivity index (χ4v) is 2.55. The predicted octanol–water partition coefficient (Wildman–Crippen LogP) is 1.77. The zero-order valence-corrected chi connectivity index (χ0v) is 12.1. The number of ether oxygens (including phenoxy) is 1. The smallest absolute Gasteiger partial charge is 0.212 e. The van der Waals surface area contributed by atoms with E-state index >= 15 is 0 Å². The monoisotopic (exact) mass is 281 g/mol. The van der Waals surface area contributed by atoms with Crippen LogP contribution in [0.15, 0.2) is 24.3 Å². The highest BCUT2D eigenvalue weighted by Gasteiger charge is 2.06. The van der Waals surface area contributed by atoms with Crippen LogP contribution in [-0.4, -0.2) is 27.8 Å². The summed E-state index contributed by atoms with van der Waals surface area (Å²) in [7, 11) is -1.62. The lowest BCUT2D eigenvalue weighted by Crippen LogP contribution is -2.26. The van der Waals surface area contributed by atoms with Crippen molar-refractivity contribution in [3.63, 3.8) is 0 Å². The number of benzene rings is 1. The van der Waals surface area contributed by atoms with Crippen LogP contribution in [0.4, 0.5) is 0 Å². The molecule has 0 amide bonds. The Balaban J connectivity index is 2.56. The van der Waals surface area contributed by atoms with E-state index in [0.29, 0.717) is 12.2 Å². The maximum absolute atomic E-state index is 11.5. The molecule has 1 aromatic carbocycles. The van der Waals surface area contributed by atoms with Crippen LogP contribution in [0, 0.1) is 11.8 Å². The molecule has 19 heavy (non-hydrogen) atoms. The molecule has 4 nitrogen and oxygen atoms in total. The highest BCUT2D eigenvalue weighted by atomic mass is 32.2. The first-order valence-corrected chi connectivity index (χ1v) is 7.83. The summed E-state index contributed by atoms with van der Waals surface area (Å²) in [4.78, 5) is 0. The average Bonchev–Trinajstić information content (AvgIpc) is 2.42. The molecule has 0 spiro atoms. The molecule has 0 saturated carbocycles. The summed E-state index contributed by atoms with van der Waals surface area (Å²) in [6, 6.07) is 7.36. The molecule has 1 rings (SSSR count). The second-order valence-electron chi connectivity index (χ2n) is 4.00. The molecule has 0 aliphatic heterocycles. The van der Waals surface area contributed by atoms with Gasteiger partial charge in [0.2, 0.25) is 10.0 Å². The highest BCUT2D eigenvalue weighted by Crippen LogP contribution is 2.15. The van der Waals surface area contributed by atoms with Crippen molar-refractivity contribution in [2.75, 3.05) is 19.4 Å². The van der Waals surface area contributed by atoms with E-state index in [1.807, 2.05) is 31.2 Å². The van der Waals surface area contributed by atoms with E-state index < -0.39 is 10.0 Å². The quantitative estimate of drug-likeness (QED) is 0.808. The Morgan fingerprint density at radius 3 is 2.74 bits per heavy atom. The Morgan fingerprint density at radius 1 is 1.32 bits per heavy atom. The van der Waals surface area contributed by atoms with Crippen molar-refractivity contribution in [1.29, 1.82) is 0 Å². The van der Waals surface area contributed by atoms with Crippen LogP contribution in [0.25, 0.3) is 0 Å². The molecule has 1 aromatic rings. The van der Waals surface area contributed by atoms with Gasteiger partial charge < -0.3 is 4.74 Å². The maximum atomic E-state index is 11.5. The largest absolute Gasteiger partial charge is 0.495 e. The average molecular weight is 281 g/mol. The SMILES string of the molecule is CCCCS(=O)(=O)NCC#Cc1ccccc1OC. The highest BCUT2D eigenvalue weighted by molar-refractivity contribution is 7.89. The Kier molecular flexibility index (Phi) is 6.40. The van der Waals surface area contributed by atoms with Gasteiger partial charge in [0.15, 0.2) is 0 Å². The van der Waals surface area contributed by atoms with Gasteiger partial charge in [-0.2, -0.15) is 0 Å². The van der Waals surface area contributed by atoms with Crippen molar-refractivity contribution in [1.82, 2.24) is 4.72 Å². The van der Waals surface area contributed by atoms with E-state index in [1.54, 1.807) is 7.11 Å². The molecular weight excluding hydrogens is 262 g/mol. The van der Waals surface area contributed by atoms with Crippen LogP contribution < -0.4 is 9.46 Å². The Morgan fingerprint density at radius 2 is 2.05 bits per heavy atom. The molecule has 0 heterocycles. The molecule has 0 bridgehead atoms. The lowest BCUT2D eigenvalue weighted by Gasteiger charge is -2.02. The van der Waals surface area contributed by atoms with Gasteiger partial charge in [0.05, 0.1) is 25.0 Å². The van der Waals surface area contributed by atoms with Crippen molar-refractivity contribution in [2.45, 2.75) is 19.8 Å². The second-order valence-corrected chi connectivity index (χ2v) is 5.92. The number of hydrogen-bond acceptors (Lipinski definition) is 3. The number of para-hydroxylation sites is 1. The molecule has 0 saturated heterocycles. The van der Waals surface area contributed by atoms with Crippen LogP contribution in [-0.2, 0) is 10.0 Å². The lowest BCUT2D eigenvalue weighted by atomic mass is 10.2. The molecule has 0 fully saturated rings. The zero-order chi connectivity index (χ0) is 14.1. The van der Waals surface area contributed by atoms with Crippen molar-refractivity contribution >= 4 is 10.0 Å². The topological polar surface area (TPSA) is 55.4 Å². The Labute approximate surface area is 115 Å². The minimum Gasteiger partial charge on any atom is -0.495 e. The van der Waals surface area contributed by atoms with Crippen molar-refractivity contribution < 1.29 is 13.2 Å². The van der Waals surface area contributed by atoms with E-state index in [2.05, 4.69) is 16.6 Å². The van der Waals surface area contributed by atoms with Gasteiger partial charge in [-0.1, -0.05) is 37.3 Å². The lowest BCUT2D eigenvalue weighted by molar-refractivity contribution is 0.413. The minimum atomic E-state index is -3.20. The first-order valence-electron chi connectivity index (χ1n) is 6.18. The summed E-state index contributed by atoms with van der Waals surface area (Å²) in [6.07, 6.45) is 1.52. The number of rotatable bonds is 6. The summed E-state index contributed by atoms with van der Waals surface area (Å²) in [6.45, 7) is 2.07. The summed E-state index contributed by atoms with van der Waals surface area (Å²) in [5.74, 6) is 6.52. The van der Waals surface area contributed by atoms with Gasteiger partial charge in [-0.05, 0) is 18.6 Å². The fraction of sp³-hybridized carbons (Fsp3) is 0.429. The Bertz CT molecular complexity index is 556. The predicted molar refractivity (Wildman–Crippen MR) is 76.6 cm³/mol. The third-order valence-corrected chi connectivity index (χ3v) is 3.89. The molecule has 1 N–H and O–H groups in total. The third-order valence-electron chi connectivity index (χ3n) is 2.48. The Hall–Kier alpha value is -1.51. The number of methoxy groups -OCH3 is 1. The van der Waals surface area contributed by atoms with Crippen LogP contribution >= 0.6 is 0 Å². The van der Waals surface area contributed by atoms with Crippen LogP contribution in [0.2, 0.25) is 0 Å². The van der Waals surface area contributed by atoms with Gasteiger partial charge in [-0.3, -0.25) is 0 Å². The summed E-state index contributed by atoms with van der Waals surface area (Å²) < 4.78 is 30.7.